The molecule has 121 valence electrons. The molecule has 0 N–H and O–H groups in total. The minimum atomic E-state index is 0. The average Bonchev–Trinajstić information content (AvgIpc) is 2.59. The van der Waals surface area contributed by atoms with Gasteiger partial charge in [0, 0.05) is 7.11 Å². The van der Waals surface area contributed by atoms with Crippen LogP contribution in [0, 0.1) is 42.5 Å². The number of rotatable bonds is 1. The minimum absolute atomic E-state index is 0. The number of hydrogen-bond donors (Lipinski definition) is 0. The molecule has 1 saturated carbocycles. The van der Waals surface area contributed by atoms with E-state index in [1.807, 2.05) is 0 Å². The fourth-order valence-corrected chi connectivity index (χ4v) is 1.41. The molecule has 2 nitrogen and oxygen atoms in total. The molecule has 4 heteroatoms. The summed E-state index contributed by atoms with van der Waals surface area (Å²) in [7, 11) is 1.89. The molecular formula is C17H29FeO2P+. The van der Waals surface area contributed by atoms with Crippen LogP contribution in [0.4, 0.5) is 0 Å². The Balaban J connectivity index is -0.000000112. The van der Waals surface area contributed by atoms with Crippen LogP contribution in [-0.2, 0) is 26.5 Å². The second-order valence-electron chi connectivity index (χ2n) is 4.82. The van der Waals surface area contributed by atoms with E-state index in [2.05, 4.69) is 78.8 Å². The summed E-state index contributed by atoms with van der Waals surface area (Å²) in [6.07, 6.45) is 2.18. The maximum Gasteiger partial charge on any atom is 2.00 e. The van der Waals surface area contributed by atoms with E-state index in [1.165, 1.54) is 36.7 Å². The van der Waals surface area contributed by atoms with Gasteiger partial charge in [0.25, 0.3) is 0 Å². The number of methoxy groups -OCH3 is 1. The van der Waals surface area contributed by atoms with Crippen molar-refractivity contribution in [2.45, 2.75) is 34.6 Å². The van der Waals surface area contributed by atoms with Crippen LogP contribution in [0.3, 0.4) is 0 Å². The van der Waals surface area contributed by atoms with Crippen LogP contribution >= 0.6 is 7.92 Å². The van der Waals surface area contributed by atoms with Crippen molar-refractivity contribution in [3.63, 3.8) is 0 Å². The number of hydrogen-bond acceptors (Lipinski definition) is 1. The van der Waals surface area contributed by atoms with Crippen LogP contribution in [0.25, 0.3) is 0 Å². The molecule has 0 aromatic rings. The van der Waals surface area contributed by atoms with E-state index < -0.39 is 0 Å². The first kappa shape index (κ1) is 29.3. The third-order valence-electron chi connectivity index (χ3n) is 2.96. The smallest absolute Gasteiger partial charge is 2.00 e. The second kappa shape index (κ2) is 18.3. The third kappa shape index (κ3) is 14.9. The van der Waals surface area contributed by atoms with E-state index in [-0.39, 0.29) is 17.1 Å². The Morgan fingerprint density at radius 1 is 0.857 bits per heavy atom. The van der Waals surface area contributed by atoms with Crippen molar-refractivity contribution in [2.75, 3.05) is 27.1 Å². The largest absolute Gasteiger partial charge is 2.00 e. The van der Waals surface area contributed by atoms with Crippen molar-refractivity contribution < 1.29 is 26.5 Å². The predicted octanol–water partition coefficient (Wildman–Crippen LogP) is 4.87. The summed E-state index contributed by atoms with van der Waals surface area (Å²) in [6.45, 7) is 25.3. The van der Waals surface area contributed by atoms with Crippen molar-refractivity contribution in [2.24, 2.45) is 0 Å². The van der Waals surface area contributed by atoms with Crippen molar-refractivity contribution in [1.29, 1.82) is 0 Å². The third-order valence-corrected chi connectivity index (χ3v) is 2.96. The number of ether oxygens (including phenoxy) is 1. The Bertz CT molecular complexity index is 197. The SMILES string of the molecule is C=[C-]OC.CP(C)C.C[C]1[C](C)[C](C)[C](C)[C]1C.[C-]#[O+].[Fe+2]. The van der Waals surface area contributed by atoms with Gasteiger partial charge in [0.2, 0.25) is 0 Å². The van der Waals surface area contributed by atoms with Gasteiger partial charge in [-0.3, -0.25) is 0 Å². The Morgan fingerprint density at radius 2 is 0.952 bits per heavy atom. The molecule has 0 saturated heterocycles. The van der Waals surface area contributed by atoms with E-state index in [4.69, 9.17) is 4.65 Å². The van der Waals surface area contributed by atoms with Gasteiger partial charge >= 0.3 is 28.4 Å². The Morgan fingerprint density at radius 3 is 1.00 bits per heavy atom. The van der Waals surface area contributed by atoms with Gasteiger partial charge in [-0.05, 0) is 49.6 Å². The van der Waals surface area contributed by atoms with Crippen LogP contribution < -0.4 is 0 Å². The van der Waals surface area contributed by atoms with E-state index in [9.17, 15) is 0 Å². The second-order valence-corrected chi connectivity index (χ2v) is 7.50. The normalized spacial score (nSPS) is 16.4. The summed E-state index contributed by atoms with van der Waals surface area (Å²) in [5.74, 6) is 7.34. The Hall–Kier alpha value is 0.229. The Labute approximate surface area is 145 Å². The molecule has 0 aliphatic heterocycles. The summed E-state index contributed by atoms with van der Waals surface area (Å²) in [5, 5.41) is 0. The van der Waals surface area contributed by atoms with E-state index in [0.717, 1.165) is 0 Å². The van der Waals surface area contributed by atoms with Gasteiger partial charge in [-0.25, -0.2) is 6.58 Å². The first-order valence-corrected chi connectivity index (χ1v) is 8.94. The molecule has 0 aromatic carbocycles. The quantitative estimate of drug-likeness (QED) is 0.218. The zero-order valence-corrected chi connectivity index (χ0v) is 16.8. The van der Waals surface area contributed by atoms with Gasteiger partial charge < -0.3 is 11.0 Å². The first-order valence-electron chi connectivity index (χ1n) is 6.26. The molecule has 0 unspecified atom stereocenters. The summed E-state index contributed by atoms with van der Waals surface area (Å²) in [6, 6.07) is 0. The predicted molar refractivity (Wildman–Crippen MR) is 89.1 cm³/mol. The molecule has 0 amide bonds. The average molecular weight is 352 g/mol. The molecule has 0 atom stereocenters. The molecule has 5 radical (unpaired) electrons. The van der Waals surface area contributed by atoms with Gasteiger partial charge in [0.05, 0.1) is 0 Å². The van der Waals surface area contributed by atoms with Crippen molar-refractivity contribution in [3.8, 4) is 0 Å². The summed E-state index contributed by atoms with van der Waals surface area (Å²) >= 11 is 0. The minimum Gasteiger partial charge on any atom is 2.00 e. The van der Waals surface area contributed by atoms with E-state index in [1.54, 1.807) is 0 Å². The molecule has 1 aliphatic carbocycles. The van der Waals surface area contributed by atoms with Gasteiger partial charge in [-0.2, -0.15) is 0 Å². The van der Waals surface area contributed by atoms with E-state index >= 15 is 0 Å². The van der Waals surface area contributed by atoms with Crippen molar-refractivity contribution in [3.05, 3.63) is 49.1 Å². The molecule has 1 aliphatic rings. The fraction of sp³-hybridized carbons (Fsp3) is 0.529. The molecule has 0 bridgehead atoms. The fourth-order valence-electron chi connectivity index (χ4n) is 1.41. The van der Waals surface area contributed by atoms with Crippen LogP contribution in [0.1, 0.15) is 34.6 Å². The molecule has 1 fully saturated rings. The molecule has 0 aromatic heterocycles. The van der Waals surface area contributed by atoms with E-state index in [0.29, 0.717) is 7.92 Å². The van der Waals surface area contributed by atoms with Crippen molar-refractivity contribution >= 4 is 7.92 Å². The standard InChI is InChI=1S/C10H15.C3H5O.C3H9P.CO.Fe/c1-6-7(2)9(4)10(5)8(6)3;1-3-4-2;1-4(2)3;1-2;/h1-5H3;1H2,2H3;1-3H3;;/q;-1;;;+2. The van der Waals surface area contributed by atoms with Crippen molar-refractivity contribution in [1.82, 2.24) is 0 Å². The molecule has 21 heavy (non-hydrogen) atoms. The molecular weight excluding hydrogens is 323 g/mol. The molecule has 1 rings (SSSR count). The summed E-state index contributed by atoms with van der Waals surface area (Å²) < 4.78 is 11.7. The topological polar surface area (TPSA) is 29.1 Å². The summed E-state index contributed by atoms with van der Waals surface area (Å²) in [4.78, 5) is 0. The Kier molecular flexibility index (Phi) is 25.5. The zero-order chi connectivity index (χ0) is 16.9. The van der Waals surface area contributed by atoms with Crippen LogP contribution in [0.2, 0.25) is 0 Å². The van der Waals surface area contributed by atoms with Gasteiger partial charge in [-0.1, -0.05) is 34.6 Å². The van der Waals surface area contributed by atoms with Crippen LogP contribution in [-0.4, -0.2) is 27.1 Å². The van der Waals surface area contributed by atoms with Crippen LogP contribution in [0.5, 0.6) is 0 Å². The first-order chi connectivity index (χ1) is 9.20. The van der Waals surface area contributed by atoms with Crippen LogP contribution in [0.15, 0.2) is 6.58 Å². The summed E-state index contributed by atoms with van der Waals surface area (Å²) in [5.41, 5.74) is 0. The maximum atomic E-state index is 7.50. The maximum absolute atomic E-state index is 7.50. The van der Waals surface area contributed by atoms with Gasteiger partial charge in [0.15, 0.2) is 0 Å². The zero-order valence-electron chi connectivity index (χ0n) is 14.8. The monoisotopic (exact) mass is 352 g/mol. The molecule has 0 heterocycles. The van der Waals surface area contributed by atoms with Gasteiger partial charge in [-0.15, -0.1) is 7.92 Å². The molecule has 0 spiro atoms. The van der Waals surface area contributed by atoms with Gasteiger partial charge in [0.1, 0.15) is 0 Å².